The Bertz CT molecular complexity index is 984. The largest absolute Gasteiger partial charge is 0.324 e. The maximum Gasteiger partial charge on any atom is 0.274 e. The normalized spacial score (nSPS) is 10.5. The number of nitrogens with one attached hydrogen (secondary N) is 2. The minimum Gasteiger partial charge on any atom is -0.324 e. The summed E-state index contributed by atoms with van der Waals surface area (Å²) in [5.74, 6) is -3.24. The van der Waals surface area contributed by atoms with Gasteiger partial charge in [-0.2, -0.15) is 0 Å². The van der Waals surface area contributed by atoms with E-state index in [1.807, 2.05) is 0 Å². The summed E-state index contributed by atoms with van der Waals surface area (Å²) in [7, 11) is 0. The minimum atomic E-state index is -1.08. The molecule has 0 saturated carbocycles. The summed E-state index contributed by atoms with van der Waals surface area (Å²) in [5, 5.41) is 5.10. The van der Waals surface area contributed by atoms with Gasteiger partial charge >= 0.3 is 0 Å². The van der Waals surface area contributed by atoms with Gasteiger partial charge in [-0.1, -0.05) is 11.6 Å². The number of halogens is 4. The molecule has 0 unspecified atom stereocenters. The van der Waals surface area contributed by atoms with Gasteiger partial charge in [0.2, 0.25) is 5.95 Å². The van der Waals surface area contributed by atoms with Crippen molar-refractivity contribution in [2.24, 2.45) is 0 Å². The van der Waals surface area contributed by atoms with Crippen LogP contribution in [-0.4, -0.2) is 15.9 Å². The van der Waals surface area contributed by atoms with Crippen molar-refractivity contribution in [3.8, 4) is 0 Å². The summed E-state index contributed by atoms with van der Waals surface area (Å²) in [6.07, 6.45) is 1.33. The molecule has 0 aliphatic heterocycles. The average molecular weight is 379 g/mol. The molecule has 1 amide bonds. The highest BCUT2D eigenvalue weighted by Crippen LogP contribution is 2.21. The van der Waals surface area contributed by atoms with Gasteiger partial charge < -0.3 is 10.6 Å². The first-order chi connectivity index (χ1) is 12.4. The van der Waals surface area contributed by atoms with Crippen molar-refractivity contribution in [2.75, 3.05) is 10.6 Å². The number of hydrogen-bond acceptors (Lipinski definition) is 4. The molecule has 0 spiro atoms. The molecule has 0 saturated heterocycles. The van der Waals surface area contributed by atoms with Crippen LogP contribution >= 0.6 is 11.6 Å². The molecule has 0 bridgehead atoms. The lowest BCUT2D eigenvalue weighted by atomic mass is 10.3. The molecule has 3 rings (SSSR count). The first-order valence-electron chi connectivity index (χ1n) is 7.24. The fraction of sp³-hybridized carbons (Fsp3) is 0. The van der Waals surface area contributed by atoms with E-state index in [0.717, 1.165) is 12.1 Å². The van der Waals surface area contributed by atoms with Crippen LogP contribution in [-0.2, 0) is 0 Å². The Hall–Kier alpha value is -3.13. The van der Waals surface area contributed by atoms with Crippen molar-refractivity contribution >= 4 is 34.8 Å². The molecule has 2 N–H and O–H groups in total. The van der Waals surface area contributed by atoms with E-state index < -0.39 is 23.4 Å². The van der Waals surface area contributed by atoms with E-state index in [4.69, 9.17) is 11.6 Å². The minimum absolute atomic E-state index is 0.0135. The first-order valence-corrected chi connectivity index (χ1v) is 7.62. The summed E-state index contributed by atoms with van der Waals surface area (Å²) < 4.78 is 39.3. The number of rotatable bonds is 4. The van der Waals surface area contributed by atoms with E-state index >= 15 is 0 Å². The Balaban J connectivity index is 1.76. The third kappa shape index (κ3) is 4.09. The molecule has 0 fully saturated rings. The molecular weight excluding hydrogens is 369 g/mol. The van der Waals surface area contributed by atoms with E-state index in [9.17, 15) is 18.0 Å². The van der Waals surface area contributed by atoms with Gasteiger partial charge in [-0.3, -0.25) is 4.79 Å². The van der Waals surface area contributed by atoms with Gasteiger partial charge in [0, 0.05) is 23.6 Å². The van der Waals surface area contributed by atoms with Crippen molar-refractivity contribution < 1.29 is 18.0 Å². The molecule has 0 radical (unpaired) electrons. The van der Waals surface area contributed by atoms with Crippen molar-refractivity contribution in [1.82, 2.24) is 9.97 Å². The molecule has 5 nitrogen and oxygen atoms in total. The SMILES string of the molecule is O=C(Nc1ccc(F)c(F)c1)c1ccnc(Nc2ccc(F)c(Cl)c2)n1. The van der Waals surface area contributed by atoms with Crippen LogP contribution in [0.3, 0.4) is 0 Å². The number of carbonyl (C=O) groups excluding carboxylic acids is 1. The monoisotopic (exact) mass is 378 g/mol. The number of carbonyl (C=O) groups is 1. The Morgan fingerprint density at radius 3 is 2.38 bits per heavy atom. The topological polar surface area (TPSA) is 66.9 Å². The fourth-order valence-corrected chi connectivity index (χ4v) is 2.20. The van der Waals surface area contributed by atoms with Gasteiger partial charge in [-0.05, 0) is 36.4 Å². The summed E-state index contributed by atoms with van der Waals surface area (Å²) in [6, 6.07) is 8.26. The molecule has 0 aliphatic rings. The van der Waals surface area contributed by atoms with E-state index in [2.05, 4.69) is 20.6 Å². The highest BCUT2D eigenvalue weighted by Gasteiger charge is 2.11. The second-order valence-electron chi connectivity index (χ2n) is 5.10. The summed E-state index contributed by atoms with van der Waals surface area (Å²) in [5.41, 5.74) is 0.488. The number of hydrogen-bond donors (Lipinski definition) is 2. The number of aromatic nitrogens is 2. The predicted octanol–water partition coefficient (Wildman–Crippen LogP) is 4.54. The quantitative estimate of drug-likeness (QED) is 0.699. The van der Waals surface area contributed by atoms with Crippen LogP contribution in [0.5, 0.6) is 0 Å². The fourth-order valence-electron chi connectivity index (χ4n) is 2.02. The average Bonchev–Trinajstić information content (AvgIpc) is 2.61. The molecule has 9 heteroatoms. The zero-order chi connectivity index (χ0) is 18.7. The van der Waals surface area contributed by atoms with Crippen molar-refractivity contribution in [1.29, 1.82) is 0 Å². The van der Waals surface area contributed by atoms with Gasteiger partial charge in [-0.15, -0.1) is 0 Å². The third-order valence-electron chi connectivity index (χ3n) is 3.24. The van der Waals surface area contributed by atoms with Crippen LogP contribution in [0, 0.1) is 17.5 Å². The van der Waals surface area contributed by atoms with Gasteiger partial charge in [0.25, 0.3) is 5.91 Å². The zero-order valence-corrected chi connectivity index (χ0v) is 13.7. The molecule has 1 aromatic heterocycles. The molecule has 3 aromatic rings. The number of amides is 1. The van der Waals surface area contributed by atoms with E-state index in [0.29, 0.717) is 5.69 Å². The van der Waals surface area contributed by atoms with Crippen LogP contribution in [0.15, 0.2) is 48.7 Å². The van der Waals surface area contributed by atoms with Crippen LogP contribution < -0.4 is 10.6 Å². The van der Waals surface area contributed by atoms with Crippen molar-refractivity contribution in [3.63, 3.8) is 0 Å². The van der Waals surface area contributed by atoms with E-state index in [1.54, 1.807) is 0 Å². The predicted molar refractivity (Wildman–Crippen MR) is 91.0 cm³/mol. The van der Waals surface area contributed by atoms with Crippen LogP contribution in [0.1, 0.15) is 10.5 Å². The standard InChI is InChI=1S/C17H10ClF3N4O/c18-11-7-9(1-3-12(11)19)24-17-22-6-5-15(25-17)16(26)23-10-2-4-13(20)14(21)8-10/h1-8H,(H,23,26)(H,22,24,25). The van der Waals surface area contributed by atoms with Crippen LogP contribution in [0.25, 0.3) is 0 Å². The maximum absolute atomic E-state index is 13.2. The van der Waals surface area contributed by atoms with Crippen molar-refractivity contribution in [2.45, 2.75) is 0 Å². The van der Waals surface area contributed by atoms with Crippen molar-refractivity contribution in [3.05, 3.63) is 76.8 Å². The molecule has 26 heavy (non-hydrogen) atoms. The summed E-state index contributed by atoms with van der Waals surface area (Å²) in [6.45, 7) is 0. The van der Waals surface area contributed by atoms with E-state index in [1.165, 1.54) is 36.5 Å². The Morgan fingerprint density at radius 2 is 1.65 bits per heavy atom. The molecule has 0 atom stereocenters. The number of nitrogens with zero attached hydrogens (tertiary/aromatic N) is 2. The molecule has 1 heterocycles. The third-order valence-corrected chi connectivity index (χ3v) is 3.53. The molecule has 132 valence electrons. The Morgan fingerprint density at radius 1 is 0.923 bits per heavy atom. The summed E-state index contributed by atoms with van der Waals surface area (Å²) >= 11 is 5.70. The van der Waals surface area contributed by atoms with Gasteiger partial charge in [0.1, 0.15) is 11.5 Å². The Kier molecular flexibility index (Phi) is 5.04. The zero-order valence-electron chi connectivity index (χ0n) is 12.9. The molecule has 0 aliphatic carbocycles. The molecular formula is C17H10ClF3N4O. The first kappa shape index (κ1) is 17.7. The smallest absolute Gasteiger partial charge is 0.274 e. The lowest BCUT2D eigenvalue weighted by molar-refractivity contribution is 0.102. The van der Waals surface area contributed by atoms with E-state index in [-0.39, 0.29) is 22.4 Å². The molecule has 2 aromatic carbocycles. The number of benzene rings is 2. The highest BCUT2D eigenvalue weighted by molar-refractivity contribution is 6.31. The Labute approximate surface area is 150 Å². The maximum atomic E-state index is 13.2. The van der Waals surface area contributed by atoms with Gasteiger partial charge in [0.05, 0.1) is 5.02 Å². The van der Waals surface area contributed by atoms with Gasteiger partial charge in [-0.25, -0.2) is 23.1 Å². The lowest BCUT2D eigenvalue weighted by Gasteiger charge is -2.08. The number of anilines is 3. The van der Waals surface area contributed by atoms with Crippen LogP contribution in [0.2, 0.25) is 5.02 Å². The van der Waals surface area contributed by atoms with Gasteiger partial charge in [0.15, 0.2) is 11.6 Å². The second kappa shape index (κ2) is 7.40. The second-order valence-corrected chi connectivity index (χ2v) is 5.51. The highest BCUT2D eigenvalue weighted by atomic mass is 35.5. The van der Waals surface area contributed by atoms with Crippen LogP contribution in [0.4, 0.5) is 30.5 Å². The lowest BCUT2D eigenvalue weighted by Crippen LogP contribution is -2.15. The summed E-state index contributed by atoms with van der Waals surface area (Å²) in [4.78, 5) is 20.2.